The maximum atomic E-state index is 13.6. The van der Waals surface area contributed by atoms with Crippen LogP contribution in [0.15, 0.2) is 17.3 Å². The van der Waals surface area contributed by atoms with Gasteiger partial charge >= 0.3 is 5.97 Å². The van der Waals surface area contributed by atoms with Gasteiger partial charge in [0.2, 0.25) is 0 Å². The number of aliphatic carboxylic acids is 1. The molecule has 0 atom stereocenters. The molecule has 0 saturated heterocycles. The van der Waals surface area contributed by atoms with Crippen molar-refractivity contribution in [3.05, 3.63) is 23.5 Å². The Balaban J connectivity index is 2.45. The molecule has 108 valence electrons. The van der Waals surface area contributed by atoms with E-state index in [0.29, 0.717) is 16.2 Å². The highest BCUT2D eigenvalue weighted by molar-refractivity contribution is 7.99. The van der Waals surface area contributed by atoms with Crippen molar-refractivity contribution in [2.24, 2.45) is 0 Å². The van der Waals surface area contributed by atoms with E-state index in [1.54, 1.807) is 24.8 Å². The molecule has 0 spiro atoms. The molecule has 20 heavy (non-hydrogen) atoms. The summed E-state index contributed by atoms with van der Waals surface area (Å²) >= 11 is 2.86. The Morgan fingerprint density at radius 2 is 2.25 bits per heavy atom. The van der Waals surface area contributed by atoms with E-state index in [1.807, 2.05) is 10.8 Å². The van der Waals surface area contributed by atoms with Gasteiger partial charge in [0, 0.05) is 18.4 Å². The van der Waals surface area contributed by atoms with Crippen molar-refractivity contribution in [3.63, 3.8) is 0 Å². The number of aryl methyl sites for hydroxylation is 2. The fraction of sp³-hybridized carbons (Fsp3) is 0.385. The second kappa shape index (κ2) is 6.49. The maximum absolute atomic E-state index is 13.6. The van der Waals surface area contributed by atoms with Gasteiger partial charge in [-0.25, -0.2) is 9.37 Å². The molecule has 0 fully saturated rings. The van der Waals surface area contributed by atoms with Crippen molar-refractivity contribution in [3.8, 4) is 0 Å². The van der Waals surface area contributed by atoms with Crippen molar-refractivity contribution >= 4 is 40.5 Å². The van der Waals surface area contributed by atoms with Gasteiger partial charge in [0.1, 0.15) is 5.82 Å². The number of hydrogen-bond donors (Lipinski definition) is 1. The number of benzene rings is 1. The molecule has 2 rings (SSSR count). The summed E-state index contributed by atoms with van der Waals surface area (Å²) in [5.41, 5.74) is 1.99. The van der Waals surface area contributed by atoms with E-state index in [-0.39, 0.29) is 11.6 Å². The summed E-state index contributed by atoms with van der Waals surface area (Å²) in [7, 11) is 0. The molecule has 0 radical (unpaired) electrons. The average molecular weight is 314 g/mol. The fourth-order valence-electron chi connectivity index (χ4n) is 1.86. The highest BCUT2D eigenvalue weighted by Crippen LogP contribution is 2.26. The Morgan fingerprint density at radius 1 is 1.50 bits per heavy atom. The molecule has 1 aromatic carbocycles. The van der Waals surface area contributed by atoms with Gasteiger partial charge in [0.15, 0.2) is 5.16 Å². The molecule has 1 heterocycles. The lowest BCUT2D eigenvalue weighted by Crippen LogP contribution is -2.05. The number of nitrogens with zero attached hydrogens (tertiary/aromatic N) is 2. The zero-order chi connectivity index (χ0) is 14.7. The minimum absolute atomic E-state index is 0.0515. The molecule has 0 unspecified atom stereocenters. The molecule has 0 amide bonds. The first kappa shape index (κ1) is 15.2. The maximum Gasteiger partial charge on any atom is 0.313 e. The number of fused-ring (bicyclic) bond motifs is 1. The molecule has 0 bridgehead atoms. The number of halogens is 1. The summed E-state index contributed by atoms with van der Waals surface area (Å²) in [5.74, 6) is -0.338. The first-order valence-corrected chi connectivity index (χ1v) is 8.40. The van der Waals surface area contributed by atoms with Crippen LogP contribution in [0.1, 0.15) is 5.56 Å². The van der Waals surface area contributed by atoms with E-state index < -0.39 is 5.97 Å². The quantitative estimate of drug-likeness (QED) is 0.831. The van der Waals surface area contributed by atoms with Gasteiger partial charge in [0.05, 0.1) is 16.8 Å². The van der Waals surface area contributed by atoms with E-state index in [2.05, 4.69) is 4.98 Å². The molecule has 1 aromatic heterocycles. The predicted octanol–water partition coefficient (Wildman–Crippen LogP) is 3.02. The number of carboxylic acids is 1. The summed E-state index contributed by atoms with van der Waals surface area (Å²) in [4.78, 5) is 15.1. The van der Waals surface area contributed by atoms with Crippen LogP contribution < -0.4 is 0 Å². The lowest BCUT2D eigenvalue weighted by atomic mass is 10.2. The van der Waals surface area contributed by atoms with Crippen LogP contribution in [-0.2, 0) is 11.3 Å². The van der Waals surface area contributed by atoms with Crippen LogP contribution in [-0.4, -0.2) is 38.4 Å². The number of aromatic nitrogens is 2. The molecule has 0 aliphatic carbocycles. The van der Waals surface area contributed by atoms with Crippen LogP contribution >= 0.6 is 23.5 Å². The number of rotatable bonds is 6. The van der Waals surface area contributed by atoms with Crippen LogP contribution in [0.5, 0.6) is 0 Å². The number of thioether (sulfide) groups is 2. The third kappa shape index (κ3) is 3.27. The third-order valence-corrected chi connectivity index (χ3v) is 4.39. The van der Waals surface area contributed by atoms with Crippen LogP contribution in [0.2, 0.25) is 0 Å². The number of imidazole rings is 1. The summed E-state index contributed by atoms with van der Waals surface area (Å²) in [6.07, 6.45) is 2.01. The van der Waals surface area contributed by atoms with Crippen molar-refractivity contribution in [2.75, 3.05) is 17.8 Å². The monoisotopic (exact) mass is 314 g/mol. The van der Waals surface area contributed by atoms with Gasteiger partial charge in [-0.15, -0.1) is 0 Å². The van der Waals surface area contributed by atoms with Crippen molar-refractivity contribution in [2.45, 2.75) is 18.6 Å². The predicted molar refractivity (Wildman–Crippen MR) is 81.2 cm³/mol. The van der Waals surface area contributed by atoms with Gasteiger partial charge in [-0.3, -0.25) is 4.79 Å². The normalized spacial score (nSPS) is 11.2. The molecule has 1 N–H and O–H groups in total. The fourth-order valence-corrected chi connectivity index (χ4v) is 2.99. The van der Waals surface area contributed by atoms with Gasteiger partial charge in [-0.05, 0) is 24.8 Å². The highest BCUT2D eigenvalue weighted by Gasteiger charge is 2.14. The summed E-state index contributed by atoms with van der Waals surface area (Å²) in [6.45, 7) is 2.44. The van der Waals surface area contributed by atoms with Crippen LogP contribution in [0, 0.1) is 12.7 Å². The van der Waals surface area contributed by atoms with E-state index in [9.17, 15) is 9.18 Å². The number of carboxylic acid groups (broad SMARTS) is 1. The Labute approximate surface area is 124 Å². The Hall–Kier alpha value is -1.21. The van der Waals surface area contributed by atoms with E-state index in [1.165, 1.54) is 6.07 Å². The number of carbonyl (C=O) groups is 1. The molecule has 0 saturated carbocycles. The Morgan fingerprint density at radius 3 is 2.90 bits per heavy atom. The first-order valence-electron chi connectivity index (χ1n) is 6.03. The van der Waals surface area contributed by atoms with Crippen LogP contribution in [0.25, 0.3) is 11.0 Å². The van der Waals surface area contributed by atoms with Gasteiger partial charge in [-0.1, -0.05) is 11.8 Å². The van der Waals surface area contributed by atoms with Gasteiger partial charge in [0.25, 0.3) is 0 Å². The second-order valence-corrected chi connectivity index (χ2v) is 6.24. The van der Waals surface area contributed by atoms with Gasteiger partial charge < -0.3 is 9.67 Å². The summed E-state index contributed by atoms with van der Waals surface area (Å²) in [6, 6.07) is 3.17. The largest absolute Gasteiger partial charge is 0.481 e. The van der Waals surface area contributed by atoms with E-state index in [4.69, 9.17) is 5.11 Å². The lowest BCUT2D eigenvalue weighted by Gasteiger charge is -2.07. The molecule has 4 nitrogen and oxygen atoms in total. The number of hydrogen-bond acceptors (Lipinski definition) is 4. The van der Waals surface area contributed by atoms with Crippen molar-refractivity contribution in [1.82, 2.24) is 9.55 Å². The topological polar surface area (TPSA) is 55.1 Å². The van der Waals surface area contributed by atoms with Gasteiger partial charge in [-0.2, -0.15) is 11.8 Å². The molecular formula is C13H15FN2O2S2. The Kier molecular flexibility index (Phi) is 4.93. The SMILES string of the molecule is CSCCn1c(SCC(=O)O)nc2cc(F)c(C)cc21. The van der Waals surface area contributed by atoms with Crippen LogP contribution in [0.3, 0.4) is 0 Å². The first-order chi connectivity index (χ1) is 9.52. The zero-order valence-corrected chi connectivity index (χ0v) is 12.9. The molecule has 7 heteroatoms. The zero-order valence-electron chi connectivity index (χ0n) is 11.2. The van der Waals surface area contributed by atoms with Crippen LogP contribution in [0.4, 0.5) is 4.39 Å². The summed E-state index contributed by atoms with van der Waals surface area (Å²) < 4.78 is 15.6. The van der Waals surface area contributed by atoms with E-state index in [0.717, 1.165) is 29.6 Å². The smallest absolute Gasteiger partial charge is 0.313 e. The second-order valence-electron chi connectivity index (χ2n) is 4.31. The molecular weight excluding hydrogens is 299 g/mol. The third-order valence-electron chi connectivity index (χ3n) is 2.84. The molecule has 2 aromatic rings. The minimum Gasteiger partial charge on any atom is -0.481 e. The van der Waals surface area contributed by atoms with E-state index >= 15 is 0 Å². The summed E-state index contributed by atoms with van der Waals surface area (Å²) in [5, 5.41) is 9.41. The highest BCUT2D eigenvalue weighted by atomic mass is 32.2. The lowest BCUT2D eigenvalue weighted by molar-refractivity contribution is -0.133. The molecule has 0 aliphatic rings. The molecule has 0 aliphatic heterocycles. The van der Waals surface area contributed by atoms with Crippen molar-refractivity contribution in [1.29, 1.82) is 0 Å². The van der Waals surface area contributed by atoms with Crippen molar-refractivity contribution < 1.29 is 14.3 Å². The minimum atomic E-state index is -0.888. The standard InChI is InChI=1S/C13H15FN2O2S2/c1-8-5-11-10(6-9(8)14)15-13(20-7-12(17)18)16(11)3-4-19-2/h5-6H,3-4,7H2,1-2H3,(H,17,18). The Bertz CT molecular complexity index is 643. The average Bonchev–Trinajstić information content (AvgIpc) is 2.72.